The van der Waals surface area contributed by atoms with Gasteiger partial charge in [-0.05, 0) is 0 Å². The van der Waals surface area contributed by atoms with Gasteiger partial charge in [-0.15, -0.1) is 0 Å². The number of nitrogens with zero attached hydrogens (tertiary/aromatic N) is 4. The first-order valence-electron chi connectivity index (χ1n) is 1.62. The lowest BCUT2D eigenvalue weighted by molar-refractivity contribution is -0.546. The van der Waals surface area contributed by atoms with E-state index in [1.807, 2.05) is 0 Å². The van der Waals surface area contributed by atoms with E-state index < -0.39 is 5.03 Å². The van der Waals surface area contributed by atoms with Crippen molar-refractivity contribution in [3.8, 4) is 5.40 Å². The fraction of sp³-hybridized carbons (Fsp3) is 0. The molecule has 0 amide bonds. The summed E-state index contributed by atoms with van der Waals surface area (Å²) in [6, 6.07) is 0. The quantitative estimate of drug-likeness (QED) is 0.203. The SMILES string of the molecule is N#CSN=NN[N+](=O)[O-]. The Bertz CT molecular complexity index is 159. The molecule has 0 aliphatic rings. The van der Waals surface area contributed by atoms with Crippen LogP contribution in [0.4, 0.5) is 0 Å². The highest BCUT2D eigenvalue weighted by molar-refractivity contribution is 8.02. The summed E-state index contributed by atoms with van der Waals surface area (Å²) in [6.45, 7) is 0. The summed E-state index contributed by atoms with van der Waals surface area (Å²) in [5.41, 5.74) is 1.39. The number of hydrazine groups is 1. The van der Waals surface area contributed by atoms with Gasteiger partial charge >= 0.3 is 0 Å². The average Bonchev–Trinajstić information content (AvgIpc) is 1.80. The summed E-state index contributed by atoms with van der Waals surface area (Å²) in [7, 11) is 0. The summed E-state index contributed by atoms with van der Waals surface area (Å²) in [5, 5.41) is 20.6. The van der Waals surface area contributed by atoms with Gasteiger partial charge in [0.2, 0.25) is 0 Å². The first-order chi connectivity index (χ1) is 4.27. The van der Waals surface area contributed by atoms with E-state index in [2.05, 4.69) is 9.74 Å². The Morgan fingerprint density at radius 1 is 1.89 bits per heavy atom. The molecule has 0 aliphatic heterocycles. The molecular weight excluding hydrogens is 146 g/mol. The second-order valence-electron chi connectivity index (χ2n) is 0.721. The topological polar surface area (TPSA) is 104 Å². The van der Waals surface area contributed by atoms with Gasteiger partial charge in [0.15, 0.2) is 10.6 Å². The average molecular weight is 147 g/mol. The molecule has 0 bridgehead atoms. The van der Waals surface area contributed by atoms with Crippen molar-refractivity contribution >= 4 is 11.9 Å². The van der Waals surface area contributed by atoms with Crippen molar-refractivity contribution in [3.63, 3.8) is 0 Å². The molecule has 0 spiro atoms. The van der Waals surface area contributed by atoms with Crippen LogP contribution in [0.25, 0.3) is 0 Å². The predicted molar refractivity (Wildman–Crippen MR) is 28.2 cm³/mol. The highest BCUT2D eigenvalue weighted by Crippen LogP contribution is 1.95. The van der Waals surface area contributed by atoms with Crippen LogP contribution in [0.1, 0.15) is 0 Å². The third kappa shape index (κ3) is 6.64. The Kier molecular flexibility index (Phi) is 4.07. The zero-order chi connectivity index (χ0) is 7.11. The molecule has 8 heteroatoms. The van der Waals surface area contributed by atoms with Crippen molar-refractivity contribution in [3.05, 3.63) is 10.1 Å². The van der Waals surface area contributed by atoms with Gasteiger partial charge < -0.3 is 10.1 Å². The van der Waals surface area contributed by atoms with Gasteiger partial charge in [-0.25, -0.2) is 0 Å². The van der Waals surface area contributed by atoms with Crippen LogP contribution >= 0.6 is 11.9 Å². The minimum absolute atomic E-state index is 0.447. The van der Waals surface area contributed by atoms with Crippen LogP contribution in [0.2, 0.25) is 0 Å². The predicted octanol–water partition coefficient (Wildman–Crippen LogP) is 0.264. The van der Waals surface area contributed by atoms with Crippen molar-refractivity contribution in [1.82, 2.24) is 5.53 Å². The van der Waals surface area contributed by atoms with Crippen LogP contribution in [0.5, 0.6) is 0 Å². The lowest BCUT2D eigenvalue weighted by atomic mass is 11.8. The second-order valence-corrected chi connectivity index (χ2v) is 1.25. The van der Waals surface area contributed by atoms with Crippen LogP contribution in [0.3, 0.4) is 0 Å². The molecule has 0 atom stereocenters. The van der Waals surface area contributed by atoms with Gasteiger partial charge in [-0.3, -0.25) is 0 Å². The maximum atomic E-state index is 9.41. The Labute approximate surface area is 54.0 Å². The second kappa shape index (κ2) is 4.79. The molecule has 9 heavy (non-hydrogen) atoms. The smallest absolute Gasteiger partial charge is 0.183 e. The first-order valence-corrected chi connectivity index (χ1v) is 2.40. The number of nitrogens with one attached hydrogen (secondary N) is 1. The van der Waals surface area contributed by atoms with Crippen molar-refractivity contribution in [2.45, 2.75) is 0 Å². The zero-order valence-corrected chi connectivity index (χ0v) is 4.83. The van der Waals surface area contributed by atoms with Crippen LogP contribution < -0.4 is 5.53 Å². The maximum Gasteiger partial charge on any atom is 0.183 e. The van der Waals surface area contributed by atoms with Crippen LogP contribution in [-0.2, 0) is 0 Å². The van der Waals surface area contributed by atoms with Crippen LogP contribution in [-0.4, -0.2) is 5.03 Å². The highest BCUT2D eigenvalue weighted by Gasteiger charge is 1.85. The summed E-state index contributed by atoms with van der Waals surface area (Å²) >= 11 is 0.447. The van der Waals surface area contributed by atoms with Crippen molar-refractivity contribution < 1.29 is 5.03 Å². The fourth-order valence-corrected chi connectivity index (χ4v) is 0.207. The molecule has 0 saturated heterocycles. The number of nitro groups is 1. The van der Waals surface area contributed by atoms with Crippen LogP contribution in [0, 0.1) is 20.8 Å². The minimum Gasteiger partial charge on any atom is -0.339 e. The van der Waals surface area contributed by atoms with E-state index in [0.717, 1.165) is 0 Å². The molecule has 48 valence electrons. The summed E-state index contributed by atoms with van der Waals surface area (Å²) in [5.74, 6) is 0. The van der Waals surface area contributed by atoms with E-state index in [1.165, 1.54) is 10.9 Å². The Hall–Kier alpha value is -1.36. The van der Waals surface area contributed by atoms with E-state index in [-0.39, 0.29) is 0 Å². The van der Waals surface area contributed by atoms with Crippen molar-refractivity contribution in [1.29, 1.82) is 5.26 Å². The molecule has 0 rings (SSSR count). The number of nitriles is 1. The number of rotatable bonds is 3. The third-order valence-electron chi connectivity index (χ3n) is 0.249. The Morgan fingerprint density at radius 2 is 2.56 bits per heavy atom. The molecule has 0 saturated carbocycles. The Balaban J connectivity index is 3.28. The Morgan fingerprint density at radius 3 is 3.00 bits per heavy atom. The first kappa shape index (κ1) is 7.64. The molecule has 0 heterocycles. The molecule has 1 N–H and O–H groups in total. The number of thiocyanates is 1. The van der Waals surface area contributed by atoms with Gasteiger partial charge in [-0.1, -0.05) is 0 Å². The largest absolute Gasteiger partial charge is 0.339 e. The number of hydrogen-bond acceptors (Lipinski definition) is 6. The van der Waals surface area contributed by atoms with Gasteiger partial charge in [0.25, 0.3) is 0 Å². The molecule has 0 aromatic heterocycles. The summed E-state index contributed by atoms with van der Waals surface area (Å²) in [4.78, 5) is 9.41. The molecule has 0 radical (unpaired) electrons. The molecule has 0 aromatic rings. The summed E-state index contributed by atoms with van der Waals surface area (Å²) < 4.78 is 2.96. The van der Waals surface area contributed by atoms with E-state index >= 15 is 0 Å². The minimum atomic E-state index is -0.887. The van der Waals surface area contributed by atoms with E-state index in [9.17, 15) is 10.1 Å². The normalized spacial score (nSPS) is 8.78. The van der Waals surface area contributed by atoms with Gasteiger partial charge in [-0.2, -0.15) is 5.26 Å². The third-order valence-corrected chi connectivity index (χ3v) is 0.494. The van der Waals surface area contributed by atoms with Gasteiger partial charge in [0.1, 0.15) is 11.9 Å². The van der Waals surface area contributed by atoms with Gasteiger partial charge in [0, 0.05) is 10.1 Å². The monoisotopic (exact) mass is 147 g/mol. The maximum absolute atomic E-state index is 9.41. The van der Waals surface area contributed by atoms with Crippen molar-refractivity contribution in [2.24, 2.45) is 9.74 Å². The molecule has 7 nitrogen and oxygen atoms in total. The molecular formula is CHN5O2S. The van der Waals surface area contributed by atoms with E-state index in [4.69, 9.17) is 5.26 Å². The molecule has 0 aromatic carbocycles. The highest BCUT2D eigenvalue weighted by atomic mass is 32.2. The molecule has 0 unspecified atom stereocenters. The lowest BCUT2D eigenvalue weighted by Gasteiger charge is -1.81. The van der Waals surface area contributed by atoms with Gasteiger partial charge in [0.05, 0.1) is 5.03 Å². The zero-order valence-electron chi connectivity index (χ0n) is 4.01. The van der Waals surface area contributed by atoms with Crippen molar-refractivity contribution in [2.75, 3.05) is 0 Å². The van der Waals surface area contributed by atoms with E-state index in [1.54, 1.807) is 0 Å². The number of hydrogen-bond donors (Lipinski definition) is 1. The lowest BCUT2D eigenvalue weighted by Crippen LogP contribution is -2.12. The summed E-state index contributed by atoms with van der Waals surface area (Å²) in [6.07, 6.45) is 0. The molecule has 0 aliphatic carbocycles. The fourth-order valence-electron chi connectivity index (χ4n) is 0.0934. The van der Waals surface area contributed by atoms with E-state index in [0.29, 0.717) is 11.9 Å². The molecule has 0 fully saturated rings. The van der Waals surface area contributed by atoms with Crippen LogP contribution in [0.15, 0.2) is 9.74 Å². The standard InChI is InChI=1S/CHN5O2S/c2-1-9-5-3-4-6(7)8/h(H,4,5).